The first-order chi connectivity index (χ1) is 12.7. The van der Waals surface area contributed by atoms with Crippen LogP contribution in [-0.2, 0) is 6.18 Å². The fraction of sp³-hybridized carbons (Fsp3) is 0.278. The van der Waals surface area contributed by atoms with E-state index in [4.69, 9.17) is 4.52 Å². The molecule has 0 atom stereocenters. The van der Waals surface area contributed by atoms with Crippen LogP contribution in [0, 0.1) is 6.92 Å². The van der Waals surface area contributed by atoms with Gasteiger partial charge in [-0.3, -0.25) is 0 Å². The van der Waals surface area contributed by atoms with E-state index in [1.54, 1.807) is 13.0 Å². The molecule has 1 amide bonds. The molecule has 1 aromatic carbocycles. The number of aryl methyl sites for hydroxylation is 1. The molecule has 0 aliphatic heterocycles. The third-order valence-corrected chi connectivity index (χ3v) is 3.79. The number of halogens is 3. The van der Waals surface area contributed by atoms with E-state index in [2.05, 4.69) is 15.6 Å². The molecule has 2 heterocycles. The van der Waals surface area contributed by atoms with E-state index in [9.17, 15) is 18.0 Å². The zero-order valence-electron chi connectivity index (χ0n) is 14.8. The van der Waals surface area contributed by atoms with Gasteiger partial charge in [0.05, 0.1) is 16.8 Å². The van der Waals surface area contributed by atoms with Crippen molar-refractivity contribution in [1.29, 1.82) is 0 Å². The smallest absolute Gasteiger partial charge is 0.360 e. The number of amides is 1. The van der Waals surface area contributed by atoms with Gasteiger partial charge in [0, 0.05) is 17.8 Å². The van der Waals surface area contributed by atoms with Gasteiger partial charge >= 0.3 is 12.2 Å². The summed E-state index contributed by atoms with van der Waals surface area (Å²) in [5.41, 5.74) is 0.505. The second-order valence-corrected chi connectivity index (χ2v) is 6.29. The van der Waals surface area contributed by atoms with Crippen molar-refractivity contribution in [2.75, 3.05) is 0 Å². The number of carbonyl (C=O) groups is 1. The van der Waals surface area contributed by atoms with Crippen LogP contribution in [0.3, 0.4) is 0 Å². The van der Waals surface area contributed by atoms with Crippen LogP contribution in [0.15, 0.2) is 41.1 Å². The molecule has 0 spiro atoms. The molecule has 9 heteroatoms. The highest BCUT2D eigenvalue weighted by molar-refractivity contribution is 5.82. The summed E-state index contributed by atoms with van der Waals surface area (Å²) in [7, 11) is 0. The summed E-state index contributed by atoms with van der Waals surface area (Å²) in [6, 6.07) is 5.91. The molecule has 142 valence electrons. The van der Waals surface area contributed by atoms with Gasteiger partial charge in [0.25, 0.3) is 0 Å². The minimum atomic E-state index is -4.47. The summed E-state index contributed by atoms with van der Waals surface area (Å²) in [6.45, 7) is 5.27. The Morgan fingerprint density at radius 2 is 2.00 bits per heavy atom. The van der Waals surface area contributed by atoms with E-state index in [-0.39, 0.29) is 17.3 Å². The third-order valence-electron chi connectivity index (χ3n) is 3.79. The maximum Gasteiger partial charge on any atom is 0.416 e. The number of alkyl halides is 3. The highest BCUT2D eigenvalue weighted by Gasteiger charge is 2.31. The standard InChI is InChI=1S/C18H17F3N4O2/c1-10(2)22-17(26)25-8-7-14(23-25)15-11(3)27-24-16(15)12-5-4-6-13(9-12)18(19,20)21/h4-10H,1-3H3,(H,22,26). The normalized spacial score (nSPS) is 11.8. The molecule has 0 saturated carbocycles. The summed E-state index contributed by atoms with van der Waals surface area (Å²) in [5, 5.41) is 10.8. The molecule has 0 radical (unpaired) electrons. The summed E-state index contributed by atoms with van der Waals surface area (Å²) in [5.74, 6) is 0.386. The number of nitrogens with zero attached hydrogens (tertiary/aromatic N) is 3. The average Bonchev–Trinajstić information content (AvgIpc) is 3.20. The lowest BCUT2D eigenvalue weighted by Gasteiger charge is -2.08. The Morgan fingerprint density at radius 1 is 1.26 bits per heavy atom. The van der Waals surface area contributed by atoms with Gasteiger partial charge in [0.15, 0.2) is 0 Å². The van der Waals surface area contributed by atoms with Crippen molar-refractivity contribution in [3.63, 3.8) is 0 Å². The molecule has 0 fully saturated rings. The molecule has 0 saturated heterocycles. The van der Waals surface area contributed by atoms with Gasteiger partial charge in [0.2, 0.25) is 0 Å². The molecule has 0 bridgehead atoms. The van der Waals surface area contributed by atoms with Crippen molar-refractivity contribution < 1.29 is 22.5 Å². The number of hydrogen-bond acceptors (Lipinski definition) is 4. The van der Waals surface area contributed by atoms with Crippen LogP contribution in [0.4, 0.5) is 18.0 Å². The van der Waals surface area contributed by atoms with Crippen LogP contribution in [0.5, 0.6) is 0 Å². The molecular formula is C18H17F3N4O2. The van der Waals surface area contributed by atoms with Gasteiger partial charge in [-0.15, -0.1) is 0 Å². The Kier molecular flexibility index (Phi) is 4.77. The minimum absolute atomic E-state index is 0.0665. The molecule has 2 aromatic heterocycles. The van der Waals surface area contributed by atoms with E-state index in [1.807, 2.05) is 13.8 Å². The largest absolute Gasteiger partial charge is 0.416 e. The van der Waals surface area contributed by atoms with E-state index in [0.29, 0.717) is 17.0 Å². The Balaban J connectivity index is 2.02. The summed E-state index contributed by atoms with van der Waals surface area (Å²) in [4.78, 5) is 12.1. The van der Waals surface area contributed by atoms with Gasteiger partial charge in [-0.05, 0) is 39.0 Å². The van der Waals surface area contributed by atoms with Crippen LogP contribution in [0.2, 0.25) is 0 Å². The highest BCUT2D eigenvalue weighted by atomic mass is 19.4. The van der Waals surface area contributed by atoms with Crippen LogP contribution in [0.25, 0.3) is 22.5 Å². The lowest BCUT2D eigenvalue weighted by molar-refractivity contribution is -0.137. The molecule has 0 aliphatic carbocycles. The molecule has 0 aliphatic rings. The molecule has 3 rings (SSSR count). The van der Waals surface area contributed by atoms with Crippen molar-refractivity contribution in [3.8, 4) is 22.5 Å². The molecule has 1 N–H and O–H groups in total. The zero-order chi connectivity index (χ0) is 19.8. The van der Waals surface area contributed by atoms with E-state index < -0.39 is 17.8 Å². The van der Waals surface area contributed by atoms with Crippen molar-refractivity contribution in [1.82, 2.24) is 20.3 Å². The SMILES string of the molecule is Cc1onc(-c2cccc(C(F)(F)F)c2)c1-c1ccn(C(=O)NC(C)C)n1. The van der Waals surface area contributed by atoms with Crippen LogP contribution >= 0.6 is 0 Å². The second kappa shape index (κ2) is 6.90. The van der Waals surface area contributed by atoms with Crippen molar-refractivity contribution in [3.05, 3.63) is 47.9 Å². The van der Waals surface area contributed by atoms with Crippen molar-refractivity contribution >= 4 is 6.03 Å². The number of aromatic nitrogens is 3. The van der Waals surface area contributed by atoms with Gasteiger partial charge in [-0.25, -0.2) is 4.79 Å². The van der Waals surface area contributed by atoms with E-state index in [1.165, 1.54) is 18.3 Å². The summed E-state index contributed by atoms with van der Waals surface area (Å²) < 4.78 is 45.3. The minimum Gasteiger partial charge on any atom is -0.360 e. The van der Waals surface area contributed by atoms with Gasteiger partial charge < -0.3 is 9.84 Å². The van der Waals surface area contributed by atoms with Crippen LogP contribution in [0.1, 0.15) is 25.2 Å². The molecule has 0 unspecified atom stereocenters. The lowest BCUT2D eigenvalue weighted by atomic mass is 10.0. The Morgan fingerprint density at radius 3 is 2.67 bits per heavy atom. The highest BCUT2D eigenvalue weighted by Crippen LogP contribution is 2.36. The predicted octanol–water partition coefficient (Wildman–Crippen LogP) is 4.50. The number of hydrogen-bond donors (Lipinski definition) is 1. The van der Waals surface area contributed by atoms with Crippen LogP contribution in [-0.4, -0.2) is 27.0 Å². The topological polar surface area (TPSA) is 73.0 Å². The first-order valence-electron chi connectivity index (χ1n) is 8.17. The molecule has 3 aromatic rings. The lowest BCUT2D eigenvalue weighted by Crippen LogP contribution is -2.34. The number of rotatable bonds is 3. The predicted molar refractivity (Wildman–Crippen MR) is 92.0 cm³/mol. The average molecular weight is 378 g/mol. The molecule has 27 heavy (non-hydrogen) atoms. The third kappa shape index (κ3) is 3.86. The number of carbonyl (C=O) groups excluding carboxylic acids is 1. The van der Waals surface area contributed by atoms with E-state index >= 15 is 0 Å². The monoisotopic (exact) mass is 378 g/mol. The number of benzene rings is 1. The fourth-order valence-corrected chi connectivity index (χ4v) is 2.60. The first-order valence-corrected chi connectivity index (χ1v) is 8.17. The maximum absolute atomic E-state index is 13.0. The van der Waals surface area contributed by atoms with Crippen LogP contribution < -0.4 is 5.32 Å². The Bertz CT molecular complexity index is 973. The van der Waals surface area contributed by atoms with Gasteiger partial charge in [-0.1, -0.05) is 17.3 Å². The quantitative estimate of drug-likeness (QED) is 0.728. The molecule has 6 nitrogen and oxygen atoms in total. The second-order valence-electron chi connectivity index (χ2n) is 6.29. The Labute approximate surface area is 153 Å². The summed E-state index contributed by atoms with van der Waals surface area (Å²) in [6.07, 6.45) is -3.00. The fourth-order valence-electron chi connectivity index (χ4n) is 2.60. The first kappa shape index (κ1) is 18.7. The van der Waals surface area contributed by atoms with Crippen molar-refractivity contribution in [2.24, 2.45) is 0 Å². The Hall–Kier alpha value is -3.10. The summed E-state index contributed by atoms with van der Waals surface area (Å²) >= 11 is 0. The van der Waals surface area contributed by atoms with Gasteiger partial charge in [-0.2, -0.15) is 23.0 Å². The number of nitrogens with one attached hydrogen (secondary N) is 1. The molecular weight excluding hydrogens is 361 g/mol. The van der Waals surface area contributed by atoms with Crippen molar-refractivity contribution in [2.45, 2.75) is 33.0 Å². The maximum atomic E-state index is 13.0. The van der Waals surface area contributed by atoms with Gasteiger partial charge in [0.1, 0.15) is 11.5 Å². The van der Waals surface area contributed by atoms with E-state index in [0.717, 1.165) is 16.8 Å². The zero-order valence-corrected chi connectivity index (χ0v) is 14.8.